The van der Waals surface area contributed by atoms with Crippen molar-refractivity contribution < 1.29 is 14.6 Å². The van der Waals surface area contributed by atoms with Crippen molar-refractivity contribution >= 4 is 17.4 Å². The van der Waals surface area contributed by atoms with Crippen molar-refractivity contribution in [2.75, 3.05) is 26.0 Å². The number of aromatic hydroxyl groups is 1. The monoisotopic (exact) mass is 394 g/mol. The van der Waals surface area contributed by atoms with Crippen LogP contribution in [0.25, 0.3) is 0 Å². The third-order valence-corrected chi connectivity index (χ3v) is 4.72. The molecule has 7 heteroatoms. The molecule has 2 N–H and O–H groups in total. The normalized spacial score (nSPS) is 17.2. The molecule has 1 heterocycles. The topological polar surface area (TPSA) is 77.4 Å². The minimum Gasteiger partial charge on any atom is -0.508 e. The number of phenols is 1. The van der Waals surface area contributed by atoms with Crippen molar-refractivity contribution in [3.63, 3.8) is 0 Å². The van der Waals surface area contributed by atoms with Gasteiger partial charge in [-0.05, 0) is 61.4 Å². The summed E-state index contributed by atoms with van der Waals surface area (Å²) in [6.07, 6.45) is 1.35. The van der Waals surface area contributed by atoms with Crippen molar-refractivity contribution in [3.8, 4) is 11.5 Å². The van der Waals surface area contributed by atoms with Gasteiger partial charge < -0.3 is 15.2 Å². The van der Waals surface area contributed by atoms with Gasteiger partial charge in [-0.3, -0.25) is 4.79 Å². The standard InChI is InChI=1S/C22H26N4O3/c1-15(14-23-18-7-9-19(27)10-8-18)13-21(28)26-16(2)24-22(25(26)3)17-5-11-20(29-4)12-6-17/h5-13,22-23,27H,14H2,1-4H3/b15-13+. The van der Waals surface area contributed by atoms with Crippen molar-refractivity contribution in [1.82, 2.24) is 10.0 Å². The number of nitrogens with one attached hydrogen (secondary N) is 1. The van der Waals surface area contributed by atoms with Crippen LogP contribution in [0.3, 0.4) is 0 Å². The third-order valence-electron chi connectivity index (χ3n) is 4.72. The van der Waals surface area contributed by atoms with Gasteiger partial charge in [0, 0.05) is 25.4 Å². The average Bonchev–Trinajstić information content (AvgIpc) is 3.01. The number of ether oxygens (including phenoxy) is 1. The number of amides is 1. The average molecular weight is 394 g/mol. The van der Waals surface area contributed by atoms with Crippen LogP contribution in [0.5, 0.6) is 11.5 Å². The Morgan fingerprint density at radius 1 is 1.21 bits per heavy atom. The van der Waals surface area contributed by atoms with E-state index in [1.54, 1.807) is 42.5 Å². The summed E-state index contributed by atoms with van der Waals surface area (Å²) in [5.74, 6) is 1.50. The number of benzene rings is 2. The Bertz CT molecular complexity index is 920. The van der Waals surface area contributed by atoms with E-state index < -0.39 is 0 Å². The van der Waals surface area contributed by atoms with Crippen LogP contribution in [0, 0.1) is 0 Å². The maximum absolute atomic E-state index is 12.9. The van der Waals surface area contributed by atoms with Gasteiger partial charge >= 0.3 is 0 Å². The van der Waals surface area contributed by atoms with Crippen LogP contribution in [0.15, 0.2) is 65.2 Å². The zero-order valence-corrected chi connectivity index (χ0v) is 17.1. The molecule has 29 heavy (non-hydrogen) atoms. The van der Waals surface area contributed by atoms with E-state index in [1.165, 1.54) is 0 Å². The molecule has 0 aromatic heterocycles. The fourth-order valence-electron chi connectivity index (χ4n) is 3.18. The van der Waals surface area contributed by atoms with E-state index in [1.807, 2.05) is 50.2 Å². The molecule has 1 amide bonds. The molecule has 2 aromatic carbocycles. The lowest BCUT2D eigenvalue weighted by atomic mass is 10.1. The molecule has 2 aromatic rings. The highest BCUT2D eigenvalue weighted by Crippen LogP contribution is 2.30. The number of phenolic OH excluding ortho intramolecular Hbond substituents is 1. The summed E-state index contributed by atoms with van der Waals surface area (Å²) in [4.78, 5) is 17.5. The first-order valence-electron chi connectivity index (χ1n) is 9.34. The lowest BCUT2D eigenvalue weighted by Crippen LogP contribution is -2.42. The number of hydrogen-bond donors (Lipinski definition) is 2. The van der Waals surface area contributed by atoms with E-state index >= 15 is 0 Å². The molecule has 3 rings (SSSR count). The van der Waals surface area contributed by atoms with Crippen LogP contribution in [0.2, 0.25) is 0 Å². The van der Waals surface area contributed by atoms with Crippen molar-refractivity contribution in [2.24, 2.45) is 4.99 Å². The molecule has 0 bridgehead atoms. The molecular formula is C22H26N4O3. The molecule has 152 valence electrons. The van der Waals surface area contributed by atoms with Gasteiger partial charge in [-0.25, -0.2) is 10.0 Å². The van der Waals surface area contributed by atoms with Crippen molar-refractivity contribution in [1.29, 1.82) is 0 Å². The van der Waals surface area contributed by atoms with Crippen LogP contribution >= 0.6 is 0 Å². The van der Waals surface area contributed by atoms with Gasteiger partial charge in [0.2, 0.25) is 0 Å². The first-order valence-corrected chi connectivity index (χ1v) is 9.34. The number of aliphatic imine (C=N–C) groups is 1. The molecule has 7 nitrogen and oxygen atoms in total. The van der Waals surface area contributed by atoms with Crippen molar-refractivity contribution in [3.05, 3.63) is 65.7 Å². The molecular weight excluding hydrogens is 368 g/mol. The molecule has 0 saturated carbocycles. The molecule has 1 atom stereocenters. The summed E-state index contributed by atoms with van der Waals surface area (Å²) in [5, 5.41) is 16.0. The molecule has 1 unspecified atom stereocenters. The number of carbonyl (C=O) groups excluding carboxylic acids is 1. The number of carbonyl (C=O) groups is 1. The van der Waals surface area contributed by atoms with E-state index in [9.17, 15) is 9.90 Å². The second-order valence-electron chi connectivity index (χ2n) is 6.94. The maximum atomic E-state index is 12.9. The van der Waals surface area contributed by atoms with E-state index in [0.29, 0.717) is 12.4 Å². The Kier molecular flexibility index (Phi) is 6.19. The largest absolute Gasteiger partial charge is 0.508 e. The van der Waals surface area contributed by atoms with Crippen LogP contribution in [0.1, 0.15) is 25.6 Å². The summed E-state index contributed by atoms with van der Waals surface area (Å²) in [5.41, 5.74) is 2.74. The van der Waals surface area contributed by atoms with Gasteiger partial charge in [0.1, 0.15) is 23.5 Å². The summed E-state index contributed by atoms with van der Waals surface area (Å²) < 4.78 is 5.20. The zero-order chi connectivity index (χ0) is 21.0. The quantitative estimate of drug-likeness (QED) is 0.579. The summed E-state index contributed by atoms with van der Waals surface area (Å²) in [7, 11) is 3.48. The fraction of sp³-hybridized carbons (Fsp3) is 0.273. The number of nitrogens with zero attached hydrogens (tertiary/aromatic N) is 3. The first kappa shape index (κ1) is 20.4. The number of hydrogen-bond acceptors (Lipinski definition) is 6. The Morgan fingerprint density at radius 3 is 2.48 bits per heavy atom. The summed E-state index contributed by atoms with van der Waals surface area (Å²) >= 11 is 0. The van der Waals surface area contributed by atoms with Gasteiger partial charge in [-0.1, -0.05) is 12.1 Å². The van der Waals surface area contributed by atoms with E-state index in [0.717, 1.165) is 22.6 Å². The third kappa shape index (κ3) is 4.75. The van der Waals surface area contributed by atoms with Crippen LogP contribution < -0.4 is 10.1 Å². The second kappa shape index (κ2) is 8.79. The van der Waals surface area contributed by atoms with Gasteiger partial charge in [0.15, 0.2) is 0 Å². The fourth-order valence-corrected chi connectivity index (χ4v) is 3.18. The van der Waals surface area contributed by atoms with Gasteiger partial charge in [-0.2, -0.15) is 5.01 Å². The van der Waals surface area contributed by atoms with E-state index in [-0.39, 0.29) is 17.8 Å². The summed E-state index contributed by atoms with van der Waals surface area (Å²) in [6, 6.07) is 14.5. The smallest absolute Gasteiger partial charge is 0.266 e. The first-order chi connectivity index (χ1) is 13.9. The molecule has 0 aliphatic carbocycles. The lowest BCUT2D eigenvalue weighted by molar-refractivity contribution is -0.133. The second-order valence-corrected chi connectivity index (χ2v) is 6.94. The van der Waals surface area contributed by atoms with Crippen molar-refractivity contribution in [2.45, 2.75) is 20.0 Å². The highest BCUT2D eigenvalue weighted by atomic mass is 16.5. The number of hydrazine groups is 1. The Labute approximate surface area is 170 Å². The number of methoxy groups -OCH3 is 1. The predicted octanol–water partition coefficient (Wildman–Crippen LogP) is 3.57. The van der Waals surface area contributed by atoms with Gasteiger partial charge in [-0.15, -0.1) is 0 Å². The minimum absolute atomic E-state index is 0.144. The molecule has 1 aliphatic rings. The van der Waals surface area contributed by atoms with Gasteiger partial charge in [0.25, 0.3) is 5.91 Å². The lowest BCUT2D eigenvalue weighted by Gasteiger charge is -2.27. The maximum Gasteiger partial charge on any atom is 0.266 e. The number of amidine groups is 1. The number of rotatable bonds is 6. The van der Waals surface area contributed by atoms with Crippen LogP contribution in [-0.2, 0) is 4.79 Å². The molecule has 0 spiro atoms. The van der Waals surface area contributed by atoms with Gasteiger partial charge in [0.05, 0.1) is 7.11 Å². The highest BCUT2D eigenvalue weighted by molar-refractivity contribution is 6.02. The molecule has 0 radical (unpaired) electrons. The Hall–Kier alpha value is -3.32. The molecule has 0 fully saturated rings. The summed E-state index contributed by atoms with van der Waals surface area (Å²) in [6.45, 7) is 4.25. The highest BCUT2D eigenvalue weighted by Gasteiger charge is 2.33. The van der Waals surface area contributed by atoms with E-state index in [2.05, 4.69) is 10.3 Å². The Morgan fingerprint density at radius 2 is 1.86 bits per heavy atom. The minimum atomic E-state index is -0.256. The Balaban J connectivity index is 1.65. The van der Waals surface area contributed by atoms with Crippen LogP contribution in [0.4, 0.5) is 5.69 Å². The van der Waals surface area contributed by atoms with E-state index in [4.69, 9.17) is 4.74 Å². The zero-order valence-electron chi connectivity index (χ0n) is 17.1. The predicted molar refractivity (Wildman–Crippen MR) is 114 cm³/mol. The molecule has 1 aliphatic heterocycles. The van der Waals surface area contributed by atoms with Crippen LogP contribution in [-0.4, -0.2) is 47.6 Å². The number of anilines is 1. The SMILES string of the molecule is COc1ccc(C2N=C(C)N(C(=O)/C=C(\C)CNc3ccc(O)cc3)N2C)cc1. The molecule has 0 saturated heterocycles.